The molecule has 0 amide bonds. The second-order valence-electron chi connectivity index (χ2n) is 6.14. The molecule has 1 atom stereocenters. The highest BCUT2D eigenvalue weighted by Gasteiger charge is 2.30. The molecule has 0 saturated heterocycles. The zero-order chi connectivity index (χ0) is 17.3. The van der Waals surface area contributed by atoms with E-state index >= 15 is 0 Å². The lowest BCUT2D eigenvalue weighted by atomic mass is 9.95. The molecule has 0 spiro atoms. The SMILES string of the molecule is C/C(=N\N=C1\c2ccc(Cl)cc2CC1c1ccc(Cl)cc1)N(C)C. The highest BCUT2D eigenvalue weighted by atomic mass is 35.5. The van der Waals surface area contributed by atoms with Crippen LogP contribution in [0, 0.1) is 0 Å². The Morgan fingerprint density at radius 3 is 2.38 bits per heavy atom. The van der Waals surface area contributed by atoms with E-state index in [9.17, 15) is 0 Å². The molecule has 1 unspecified atom stereocenters. The molecule has 0 aliphatic heterocycles. The van der Waals surface area contributed by atoms with Crippen LogP contribution in [0.5, 0.6) is 0 Å². The third-order valence-electron chi connectivity index (χ3n) is 4.32. The molecule has 3 nitrogen and oxygen atoms in total. The third kappa shape index (κ3) is 3.47. The molecule has 0 N–H and O–H groups in total. The summed E-state index contributed by atoms with van der Waals surface area (Å²) < 4.78 is 0. The van der Waals surface area contributed by atoms with Gasteiger partial charge in [0.1, 0.15) is 5.84 Å². The highest BCUT2D eigenvalue weighted by molar-refractivity contribution is 6.31. The summed E-state index contributed by atoms with van der Waals surface area (Å²) in [5.74, 6) is 1.02. The molecule has 0 radical (unpaired) electrons. The van der Waals surface area contributed by atoms with E-state index in [1.807, 2.05) is 56.3 Å². The minimum atomic E-state index is 0.162. The van der Waals surface area contributed by atoms with Gasteiger partial charge in [0.15, 0.2) is 0 Å². The molecule has 124 valence electrons. The lowest BCUT2D eigenvalue weighted by Gasteiger charge is -2.12. The van der Waals surface area contributed by atoms with Gasteiger partial charge in [-0.05, 0) is 48.7 Å². The van der Waals surface area contributed by atoms with Crippen LogP contribution < -0.4 is 0 Å². The molecule has 0 saturated carbocycles. The second kappa shape index (κ2) is 6.96. The number of hydrogen-bond acceptors (Lipinski definition) is 2. The molecule has 1 aliphatic rings. The highest BCUT2D eigenvalue weighted by Crippen LogP contribution is 2.36. The number of rotatable bonds is 2. The van der Waals surface area contributed by atoms with Crippen molar-refractivity contribution in [2.45, 2.75) is 19.3 Å². The van der Waals surface area contributed by atoms with Gasteiger partial charge in [0.05, 0.1) is 5.71 Å². The van der Waals surface area contributed by atoms with Gasteiger partial charge in [-0.1, -0.05) is 41.4 Å². The van der Waals surface area contributed by atoms with E-state index in [4.69, 9.17) is 23.2 Å². The van der Waals surface area contributed by atoms with Crippen molar-refractivity contribution in [3.8, 4) is 0 Å². The van der Waals surface area contributed by atoms with Crippen LogP contribution in [-0.2, 0) is 6.42 Å². The van der Waals surface area contributed by atoms with Crippen molar-refractivity contribution < 1.29 is 0 Å². The van der Waals surface area contributed by atoms with E-state index in [1.165, 1.54) is 11.1 Å². The van der Waals surface area contributed by atoms with Crippen LogP contribution in [-0.4, -0.2) is 30.5 Å². The monoisotopic (exact) mass is 359 g/mol. The molecule has 2 aromatic carbocycles. The molecule has 0 heterocycles. The van der Waals surface area contributed by atoms with Crippen LogP contribution in [0.2, 0.25) is 10.0 Å². The van der Waals surface area contributed by atoms with E-state index in [1.54, 1.807) is 0 Å². The van der Waals surface area contributed by atoms with Crippen molar-refractivity contribution in [3.05, 3.63) is 69.2 Å². The average molecular weight is 360 g/mol. The minimum Gasteiger partial charge on any atom is -0.365 e. The van der Waals surface area contributed by atoms with E-state index in [0.717, 1.165) is 33.6 Å². The van der Waals surface area contributed by atoms with Crippen LogP contribution in [0.25, 0.3) is 0 Å². The summed E-state index contributed by atoms with van der Waals surface area (Å²) in [5.41, 5.74) is 4.49. The van der Waals surface area contributed by atoms with E-state index in [-0.39, 0.29) is 5.92 Å². The minimum absolute atomic E-state index is 0.162. The first kappa shape index (κ1) is 17.0. The summed E-state index contributed by atoms with van der Waals surface area (Å²) in [7, 11) is 3.91. The van der Waals surface area contributed by atoms with Crippen LogP contribution in [0.4, 0.5) is 0 Å². The van der Waals surface area contributed by atoms with Crippen LogP contribution in [0.3, 0.4) is 0 Å². The normalized spacial score (nSPS) is 18.8. The van der Waals surface area contributed by atoms with Gasteiger partial charge >= 0.3 is 0 Å². The first-order chi connectivity index (χ1) is 11.5. The molecule has 0 bridgehead atoms. The maximum Gasteiger partial charge on any atom is 0.123 e. The van der Waals surface area contributed by atoms with Gasteiger partial charge < -0.3 is 4.90 Å². The molecule has 2 aromatic rings. The Morgan fingerprint density at radius 1 is 1.04 bits per heavy atom. The lowest BCUT2D eigenvalue weighted by Crippen LogP contribution is -2.18. The van der Waals surface area contributed by atoms with E-state index in [0.29, 0.717) is 0 Å². The van der Waals surface area contributed by atoms with Crippen LogP contribution in [0.15, 0.2) is 52.7 Å². The molecule has 24 heavy (non-hydrogen) atoms. The standard InChI is InChI=1S/C19H19Cl2N3/c1-12(24(2)3)22-23-19-17-9-8-16(21)10-14(17)11-18(19)13-4-6-15(20)7-5-13/h4-10,18H,11H2,1-3H3/b22-12+,23-19-. The fourth-order valence-electron chi connectivity index (χ4n) is 2.80. The third-order valence-corrected chi connectivity index (χ3v) is 4.81. The first-order valence-electron chi connectivity index (χ1n) is 7.79. The Bertz CT molecular complexity index is 808. The van der Waals surface area contributed by atoms with Crippen molar-refractivity contribution in [2.75, 3.05) is 14.1 Å². The molecule has 0 fully saturated rings. The zero-order valence-corrected chi connectivity index (χ0v) is 15.4. The van der Waals surface area contributed by atoms with Crippen molar-refractivity contribution in [3.63, 3.8) is 0 Å². The van der Waals surface area contributed by atoms with Gasteiger partial charge in [-0.25, -0.2) is 0 Å². The number of amidine groups is 1. The van der Waals surface area contributed by atoms with Crippen molar-refractivity contribution >= 4 is 34.7 Å². The smallest absolute Gasteiger partial charge is 0.123 e. The summed E-state index contributed by atoms with van der Waals surface area (Å²) in [6, 6.07) is 13.9. The van der Waals surface area contributed by atoms with Gasteiger partial charge in [0.2, 0.25) is 0 Å². The largest absolute Gasteiger partial charge is 0.365 e. The Balaban J connectivity index is 2.06. The number of fused-ring (bicyclic) bond motifs is 1. The number of halogens is 2. The molecular weight excluding hydrogens is 341 g/mol. The molecule has 5 heteroatoms. The quantitative estimate of drug-likeness (QED) is 0.420. The molecular formula is C19H19Cl2N3. The van der Waals surface area contributed by atoms with Crippen molar-refractivity contribution in [1.29, 1.82) is 0 Å². The Morgan fingerprint density at radius 2 is 1.71 bits per heavy atom. The maximum absolute atomic E-state index is 6.16. The van der Waals surface area contributed by atoms with Gasteiger partial charge in [-0.15, -0.1) is 5.10 Å². The summed E-state index contributed by atoms with van der Waals surface area (Å²) in [6.45, 7) is 1.94. The number of hydrogen-bond donors (Lipinski definition) is 0. The summed E-state index contributed by atoms with van der Waals surface area (Å²) in [6.07, 6.45) is 0.868. The zero-order valence-electron chi connectivity index (χ0n) is 13.9. The van der Waals surface area contributed by atoms with Crippen LogP contribution >= 0.6 is 23.2 Å². The second-order valence-corrected chi connectivity index (χ2v) is 7.01. The first-order valence-corrected chi connectivity index (χ1v) is 8.55. The maximum atomic E-state index is 6.16. The number of benzene rings is 2. The summed E-state index contributed by atoms with van der Waals surface area (Å²) in [5, 5.41) is 10.5. The van der Waals surface area contributed by atoms with E-state index in [2.05, 4.69) is 22.3 Å². The predicted octanol–water partition coefficient (Wildman–Crippen LogP) is 5.02. The van der Waals surface area contributed by atoms with Crippen LogP contribution in [0.1, 0.15) is 29.5 Å². The van der Waals surface area contributed by atoms with Gasteiger partial charge in [0.25, 0.3) is 0 Å². The Labute approximate surface area is 152 Å². The fraction of sp³-hybridized carbons (Fsp3) is 0.263. The molecule has 0 aromatic heterocycles. The molecule has 3 rings (SSSR count). The van der Waals surface area contributed by atoms with Gasteiger partial charge in [0, 0.05) is 35.6 Å². The average Bonchev–Trinajstić information content (AvgIpc) is 2.90. The predicted molar refractivity (Wildman–Crippen MR) is 103 cm³/mol. The van der Waals surface area contributed by atoms with Crippen molar-refractivity contribution in [1.82, 2.24) is 4.90 Å². The molecule has 1 aliphatic carbocycles. The van der Waals surface area contributed by atoms with Crippen molar-refractivity contribution in [2.24, 2.45) is 10.2 Å². The Kier molecular flexibility index (Phi) is 4.93. The van der Waals surface area contributed by atoms with Gasteiger partial charge in [-0.2, -0.15) is 5.10 Å². The topological polar surface area (TPSA) is 28.0 Å². The van der Waals surface area contributed by atoms with Gasteiger partial charge in [-0.3, -0.25) is 0 Å². The summed E-state index contributed by atoms with van der Waals surface area (Å²) >= 11 is 12.2. The summed E-state index contributed by atoms with van der Waals surface area (Å²) in [4.78, 5) is 1.94. The number of nitrogens with zero attached hydrogens (tertiary/aromatic N) is 3. The lowest BCUT2D eigenvalue weighted by molar-refractivity contribution is 0.615. The fourth-order valence-corrected chi connectivity index (χ4v) is 3.12. The van der Waals surface area contributed by atoms with E-state index < -0.39 is 0 Å². The Hall–Kier alpha value is -1.84.